The molecule has 100 valence electrons. The van der Waals surface area contributed by atoms with Crippen LogP contribution in [-0.4, -0.2) is 37.2 Å². The monoisotopic (exact) mass is 263 g/mol. The minimum atomic E-state index is -1.12. The number of amides is 1. The van der Waals surface area contributed by atoms with E-state index in [0.717, 1.165) is 0 Å². The number of rotatable bonds is 6. The Bertz CT molecular complexity index is 522. The Morgan fingerprint density at radius 2 is 2.16 bits per heavy atom. The number of hydrogen-bond donors (Lipinski definition) is 3. The van der Waals surface area contributed by atoms with E-state index >= 15 is 0 Å². The second-order valence-corrected chi connectivity index (χ2v) is 3.55. The summed E-state index contributed by atoms with van der Waals surface area (Å²) in [5.74, 6) is -1.05. The first kappa shape index (κ1) is 14.3. The number of aliphatic carboxylic acids is 1. The Labute approximate surface area is 109 Å². The SMILES string of the molecule is COc1ccc(C#N)c(NCC(=O)NCC(=O)O)c1. The lowest BCUT2D eigenvalue weighted by Crippen LogP contribution is -2.33. The van der Waals surface area contributed by atoms with Gasteiger partial charge in [-0.05, 0) is 12.1 Å². The molecule has 0 aliphatic rings. The lowest BCUT2D eigenvalue weighted by molar-refractivity contribution is -0.137. The second-order valence-electron chi connectivity index (χ2n) is 3.55. The largest absolute Gasteiger partial charge is 0.497 e. The molecule has 0 fully saturated rings. The summed E-state index contributed by atoms with van der Waals surface area (Å²) in [5.41, 5.74) is 0.819. The van der Waals surface area contributed by atoms with Gasteiger partial charge in [-0.15, -0.1) is 0 Å². The van der Waals surface area contributed by atoms with Gasteiger partial charge in [0.2, 0.25) is 5.91 Å². The van der Waals surface area contributed by atoms with Gasteiger partial charge in [-0.3, -0.25) is 9.59 Å². The highest BCUT2D eigenvalue weighted by atomic mass is 16.5. The summed E-state index contributed by atoms with van der Waals surface area (Å²) in [6.07, 6.45) is 0. The quantitative estimate of drug-likeness (QED) is 0.675. The number of carboxylic acid groups (broad SMARTS) is 1. The Morgan fingerprint density at radius 3 is 2.74 bits per heavy atom. The van der Waals surface area contributed by atoms with Gasteiger partial charge in [0, 0.05) is 6.07 Å². The van der Waals surface area contributed by atoms with Crippen LogP contribution in [0.2, 0.25) is 0 Å². The summed E-state index contributed by atoms with van der Waals surface area (Å²) in [7, 11) is 1.49. The molecule has 0 aliphatic carbocycles. The number of nitriles is 1. The molecule has 1 rings (SSSR count). The summed E-state index contributed by atoms with van der Waals surface area (Å²) in [6, 6.07) is 6.76. The van der Waals surface area contributed by atoms with Gasteiger partial charge in [-0.25, -0.2) is 0 Å². The van der Waals surface area contributed by atoms with Gasteiger partial charge in [-0.1, -0.05) is 0 Å². The molecule has 0 aliphatic heterocycles. The first-order chi connectivity index (χ1) is 9.06. The van der Waals surface area contributed by atoms with Crippen molar-refractivity contribution >= 4 is 17.6 Å². The molecule has 0 spiro atoms. The fraction of sp³-hybridized carbons (Fsp3) is 0.250. The van der Waals surface area contributed by atoms with E-state index in [4.69, 9.17) is 15.1 Å². The highest BCUT2D eigenvalue weighted by Crippen LogP contribution is 2.21. The van der Waals surface area contributed by atoms with Crippen LogP contribution < -0.4 is 15.4 Å². The minimum Gasteiger partial charge on any atom is -0.497 e. The zero-order valence-corrected chi connectivity index (χ0v) is 10.3. The number of ether oxygens (including phenoxy) is 1. The fourth-order valence-electron chi connectivity index (χ4n) is 1.31. The van der Waals surface area contributed by atoms with Crippen LogP contribution in [0.1, 0.15) is 5.56 Å². The van der Waals surface area contributed by atoms with Crippen LogP contribution in [-0.2, 0) is 9.59 Å². The molecule has 1 amide bonds. The van der Waals surface area contributed by atoms with Crippen molar-refractivity contribution in [3.05, 3.63) is 23.8 Å². The van der Waals surface area contributed by atoms with Crippen LogP contribution in [0.15, 0.2) is 18.2 Å². The van der Waals surface area contributed by atoms with E-state index in [1.54, 1.807) is 18.2 Å². The summed E-state index contributed by atoms with van der Waals surface area (Å²) in [4.78, 5) is 21.6. The van der Waals surface area contributed by atoms with Gasteiger partial charge < -0.3 is 20.5 Å². The van der Waals surface area contributed by atoms with Crippen molar-refractivity contribution < 1.29 is 19.4 Å². The topological polar surface area (TPSA) is 111 Å². The molecule has 7 nitrogen and oxygen atoms in total. The van der Waals surface area contributed by atoms with Crippen molar-refractivity contribution in [3.8, 4) is 11.8 Å². The number of benzene rings is 1. The molecule has 0 unspecified atom stereocenters. The number of hydrogen-bond acceptors (Lipinski definition) is 5. The average molecular weight is 263 g/mol. The number of carbonyl (C=O) groups is 2. The molecule has 0 radical (unpaired) electrons. The van der Waals surface area contributed by atoms with E-state index in [-0.39, 0.29) is 6.54 Å². The number of anilines is 1. The van der Waals surface area contributed by atoms with Crippen molar-refractivity contribution in [2.45, 2.75) is 0 Å². The molecule has 0 saturated heterocycles. The molecule has 7 heteroatoms. The van der Waals surface area contributed by atoms with E-state index in [2.05, 4.69) is 10.6 Å². The molecule has 3 N–H and O–H groups in total. The molecule has 19 heavy (non-hydrogen) atoms. The Morgan fingerprint density at radius 1 is 1.42 bits per heavy atom. The molecule has 0 heterocycles. The third-order valence-electron chi connectivity index (χ3n) is 2.22. The zero-order valence-electron chi connectivity index (χ0n) is 10.3. The summed E-state index contributed by atoms with van der Waals surface area (Å²) >= 11 is 0. The number of methoxy groups -OCH3 is 1. The highest BCUT2D eigenvalue weighted by Gasteiger charge is 2.07. The second kappa shape index (κ2) is 6.86. The molecule has 0 aromatic heterocycles. The van der Waals surface area contributed by atoms with Crippen molar-refractivity contribution in [2.24, 2.45) is 0 Å². The lowest BCUT2D eigenvalue weighted by atomic mass is 10.2. The number of nitrogens with zero attached hydrogens (tertiary/aromatic N) is 1. The van der Waals surface area contributed by atoms with E-state index in [9.17, 15) is 9.59 Å². The number of carboxylic acids is 1. The van der Waals surface area contributed by atoms with Gasteiger partial charge in [0.1, 0.15) is 18.4 Å². The number of nitrogens with one attached hydrogen (secondary N) is 2. The number of carbonyl (C=O) groups excluding carboxylic acids is 1. The molecule has 1 aromatic carbocycles. The Hall–Kier alpha value is -2.75. The summed E-state index contributed by atoms with van der Waals surface area (Å²) < 4.78 is 5.01. The smallest absolute Gasteiger partial charge is 0.322 e. The molecule has 0 saturated carbocycles. The molecule has 0 bridgehead atoms. The molecular weight excluding hydrogens is 250 g/mol. The third kappa shape index (κ3) is 4.55. The normalized spacial score (nSPS) is 9.26. The molecular formula is C12H13N3O4. The minimum absolute atomic E-state index is 0.130. The summed E-state index contributed by atoms with van der Waals surface area (Å²) in [6.45, 7) is -0.571. The predicted octanol–water partition coefficient (Wildman–Crippen LogP) is 0.180. The predicted molar refractivity (Wildman–Crippen MR) is 66.8 cm³/mol. The van der Waals surface area contributed by atoms with Crippen molar-refractivity contribution in [1.82, 2.24) is 5.32 Å². The fourth-order valence-corrected chi connectivity index (χ4v) is 1.31. The lowest BCUT2D eigenvalue weighted by Gasteiger charge is -2.09. The maximum atomic E-state index is 11.3. The maximum absolute atomic E-state index is 11.3. The van der Waals surface area contributed by atoms with E-state index in [0.29, 0.717) is 17.0 Å². The Kier molecular flexibility index (Phi) is 5.17. The first-order valence-electron chi connectivity index (χ1n) is 5.37. The van der Waals surface area contributed by atoms with Crippen LogP contribution >= 0.6 is 0 Å². The van der Waals surface area contributed by atoms with E-state index < -0.39 is 18.4 Å². The van der Waals surface area contributed by atoms with Crippen LogP contribution in [0.25, 0.3) is 0 Å². The van der Waals surface area contributed by atoms with Gasteiger partial charge in [0.25, 0.3) is 0 Å². The van der Waals surface area contributed by atoms with Crippen LogP contribution in [0, 0.1) is 11.3 Å². The van der Waals surface area contributed by atoms with Crippen LogP contribution in [0.5, 0.6) is 5.75 Å². The van der Waals surface area contributed by atoms with Gasteiger partial charge in [0.05, 0.1) is 24.9 Å². The van der Waals surface area contributed by atoms with Crippen LogP contribution in [0.4, 0.5) is 5.69 Å². The standard InChI is InChI=1S/C12H13N3O4/c1-19-9-3-2-8(5-13)10(4-9)14-6-11(16)15-7-12(17)18/h2-4,14H,6-7H2,1H3,(H,15,16)(H,17,18). The van der Waals surface area contributed by atoms with Gasteiger partial charge >= 0.3 is 5.97 Å². The molecule has 1 aromatic rings. The Balaban J connectivity index is 2.64. The van der Waals surface area contributed by atoms with Gasteiger partial charge in [-0.2, -0.15) is 5.26 Å². The van der Waals surface area contributed by atoms with E-state index in [1.807, 2.05) is 6.07 Å². The van der Waals surface area contributed by atoms with Crippen molar-refractivity contribution in [2.75, 3.05) is 25.5 Å². The third-order valence-corrected chi connectivity index (χ3v) is 2.22. The van der Waals surface area contributed by atoms with Crippen LogP contribution in [0.3, 0.4) is 0 Å². The zero-order chi connectivity index (χ0) is 14.3. The van der Waals surface area contributed by atoms with Crippen molar-refractivity contribution in [3.63, 3.8) is 0 Å². The van der Waals surface area contributed by atoms with E-state index in [1.165, 1.54) is 7.11 Å². The maximum Gasteiger partial charge on any atom is 0.322 e. The van der Waals surface area contributed by atoms with Gasteiger partial charge in [0.15, 0.2) is 0 Å². The average Bonchev–Trinajstić information content (AvgIpc) is 2.42. The van der Waals surface area contributed by atoms with Crippen molar-refractivity contribution in [1.29, 1.82) is 5.26 Å². The highest BCUT2D eigenvalue weighted by molar-refractivity contribution is 5.84. The first-order valence-corrected chi connectivity index (χ1v) is 5.37. The molecule has 0 atom stereocenters. The summed E-state index contributed by atoms with van der Waals surface area (Å²) in [5, 5.41) is 22.3.